The molecular formula is C42H37BN2S2. The van der Waals surface area contributed by atoms with Crippen LogP contribution >= 0.6 is 22.7 Å². The highest BCUT2D eigenvalue weighted by Crippen LogP contribution is 2.51. The van der Waals surface area contributed by atoms with E-state index >= 15 is 0 Å². The topological polar surface area (TPSA) is 6.48 Å². The lowest BCUT2D eigenvalue weighted by atomic mass is 9.39. The van der Waals surface area contributed by atoms with Crippen molar-refractivity contribution in [2.45, 2.75) is 52.4 Å². The van der Waals surface area contributed by atoms with Crippen molar-refractivity contribution in [3.05, 3.63) is 126 Å². The van der Waals surface area contributed by atoms with Crippen LogP contribution in [-0.4, -0.2) is 6.71 Å². The minimum absolute atomic E-state index is 0.0314. The van der Waals surface area contributed by atoms with Crippen LogP contribution in [0, 0.1) is 0 Å². The van der Waals surface area contributed by atoms with Crippen molar-refractivity contribution in [1.29, 1.82) is 0 Å². The average molecular weight is 645 g/mol. The zero-order chi connectivity index (χ0) is 32.2. The van der Waals surface area contributed by atoms with Crippen molar-refractivity contribution < 1.29 is 0 Å². The van der Waals surface area contributed by atoms with Gasteiger partial charge in [-0.2, -0.15) is 0 Å². The molecule has 5 aromatic carbocycles. The molecule has 7 aromatic rings. The summed E-state index contributed by atoms with van der Waals surface area (Å²) in [7, 11) is 0. The van der Waals surface area contributed by atoms with E-state index in [0.29, 0.717) is 0 Å². The van der Waals surface area contributed by atoms with Crippen LogP contribution in [0.15, 0.2) is 115 Å². The van der Waals surface area contributed by atoms with Crippen molar-refractivity contribution in [3.63, 3.8) is 0 Å². The molecule has 5 heteroatoms. The van der Waals surface area contributed by atoms with Crippen LogP contribution in [0.3, 0.4) is 0 Å². The summed E-state index contributed by atoms with van der Waals surface area (Å²) in [5.74, 6) is 0. The molecule has 0 N–H and O–H groups in total. The van der Waals surface area contributed by atoms with Gasteiger partial charge in [0, 0.05) is 52.5 Å². The van der Waals surface area contributed by atoms with Crippen LogP contribution in [0.1, 0.15) is 52.7 Å². The molecule has 0 amide bonds. The van der Waals surface area contributed by atoms with Gasteiger partial charge in [0.25, 0.3) is 6.71 Å². The Morgan fingerprint density at radius 2 is 0.872 bits per heavy atom. The Balaban J connectivity index is 1.45. The van der Waals surface area contributed by atoms with Gasteiger partial charge in [0.1, 0.15) is 0 Å². The largest absolute Gasteiger partial charge is 0.310 e. The molecule has 0 saturated heterocycles. The molecule has 0 unspecified atom stereocenters. The lowest BCUT2D eigenvalue weighted by Crippen LogP contribution is -2.59. The van der Waals surface area contributed by atoms with Gasteiger partial charge in [-0.05, 0) is 63.8 Å². The summed E-state index contributed by atoms with van der Waals surface area (Å²) in [4.78, 5) is 5.11. The molecule has 47 heavy (non-hydrogen) atoms. The molecule has 0 fully saturated rings. The van der Waals surface area contributed by atoms with E-state index in [2.05, 4.69) is 167 Å². The van der Waals surface area contributed by atoms with E-state index < -0.39 is 0 Å². The van der Waals surface area contributed by atoms with E-state index in [-0.39, 0.29) is 17.5 Å². The molecule has 0 radical (unpaired) electrons. The minimum atomic E-state index is 0.0314. The summed E-state index contributed by atoms with van der Waals surface area (Å²) in [6.07, 6.45) is 0. The maximum atomic E-state index is 2.55. The second kappa shape index (κ2) is 10.1. The summed E-state index contributed by atoms with van der Waals surface area (Å²) in [5, 5.41) is 2.70. The first-order valence-corrected chi connectivity index (χ1v) is 18.2. The lowest BCUT2D eigenvalue weighted by Gasteiger charge is -2.42. The molecule has 0 aliphatic carbocycles. The molecule has 9 rings (SSSR count). The number of rotatable bonds is 2. The van der Waals surface area contributed by atoms with Crippen LogP contribution < -0.4 is 24.8 Å². The second-order valence-electron chi connectivity index (χ2n) is 15.0. The first-order chi connectivity index (χ1) is 22.6. The number of benzene rings is 5. The predicted molar refractivity (Wildman–Crippen MR) is 209 cm³/mol. The van der Waals surface area contributed by atoms with E-state index in [1.165, 1.54) is 80.4 Å². The van der Waals surface area contributed by atoms with Crippen molar-refractivity contribution in [1.82, 2.24) is 0 Å². The van der Waals surface area contributed by atoms with Gasteiger partial charge >= 0.3 is 0 Å². The molecule has 2 aliphatic rings. The summed E-state index contributed by atoms with van der Waals surface area (Å²) in [6, 6.07) is 42.8. The Labute approximate surface area is 286 Å². The summed E-state index contributed by atoms with van der Waals surface area (Å²) in [5.41, 5.74) is 11.9. The molecule has 2 nitrogen and oxygen atoms in total. The highest BCUT2D eigenvalue weighted by atomic mass is 32.1. The van der Waals surface area contributed by atoms with Crippen molar-refractivity contribution in [2.75, 3.05) is 9.80 Å². The van der Waals surface area contributed by atoms with Gasteiger partial charge in [0.05, 0.1) is 11.4 Å². The third kappa shape index (κ3) is 4.16. The monoisotopic (exact) mass is 644 g/mol. The zero-order valence-electron chi connectivity index (χ0n) is 27.8. The number of hydrogen-bond acceptors (Lipinski definition) is 4. The molecule has 0 bridgehead atoms. The second-order valence-corrected chi connectivity index (χ2v) is 17.1. The number of anilines is 6. The Kier molecular flexibility index (Phi) is 6.20. The molecule has 0 atom stereocenters. The fraction of sp³-hybridized carbons (Fsp3) is 0.190. The average Bonchev–Trinajstić information content (AvgIpc) is 3.63. The zero-order valence-corrected chi connectivity index (χ0v) is 29.4. The fourth-order valence-corrected chi connectivity index (χ4v) is 11.2. The van der Waals surface area contributed by atoms with Gasteiger partial charge in [-0.15, -0.1) is 22.7 Å². The van der Waals surface area contributed by atoms with Crippen molar-refractivity contribution >= 4 is 98.7 Å². The summed E-state index contributed by atoms with van der Waals surface area (Å²) < 4.78 is 5.70. The van der Waals surface area contributed by atoms with E-state index in [0.717, 1.165) is 0 Å². The predicted octanol–water partition coefficient (Wildman–Crippen LogP) is 10.8. The van der Waals surface area contributed by atoms with E-state index in [1.54, 1.807) is 0 Å². The first-order valence-electron chi connectivity index (χ1n) is 16.6. The van der Waals surface area contributed by atoms with Crippen molar-refractivity contribution in [3.8, 4) is 0 Å². The summed E-state index contributed by atoms with van der Waals surface area (Å²) >= 11 is 4.03. The molecule has 230 valence electrons. The SMILES string of the molecule is CC(C)(C)c1cccc2c3c(sc12)B1c2sc4c(C(C)(C)C)cccc4c2N(c2ccccc2)c2cccc(c21)N3c1ccccc1. The Morgan fingerprint density at radius 1 is 0.468 bits per heavy atom. The maximum absolute atomic E-state index is 2.55. The molecule has 2 aliphatic heterocycles. The molecule has 4 heterocycles. The van der Waals surface area contributed by atoms with Gasteiger partial charge in [0.2, 0.25) is 0 Å². The number of nitrogens with zero attached hydrogens (tertiary/aromatic N) is 2. The number of thiophene rings is 2. The third-order valence-electron chi connectivity index (χ3n) is 9.88. The number of fused-ring (bicyclic) bond motifs is 8. The van der Waals surface area contributed by atoms with Crippen LogP contribution in [0.4, 0.5) is 34.1 Å². The number of para-hydroxylation sites is 2. The highest BCUT2D eigenvalue weighted by molar-refractivity contribution is 7.41. The van der Waals surface area contributed by atoms with Crippen LogP contribution in [0.25, 0.3) is 20.2 Å². The van der Waals surface area contributed by atoms with E-state index in [9.17, 15) is 0 Å². The molecular weight excluding hydrogens is 607 g/mol. The molecule has 0 saturated carbocycles. The smallest absolute Gasteiger partial charge is 0.277 e. The maximum Gasteiger partial charge on any atom is 0.277 e. The van der Waals surface area contributed by atoms with Gasteiger partial charge in [-0.3, -0.25) is 0 Å². The fourth-order valence-electron chi connectivity index (χ4n) is 7.82. The van der Waals surface area contributed by atoms with Gasteiger partial charge < -0.3 is 9.80 Å². The van der Waals surface area contributed by atoms with Gasteiger partial charge in [-0.25, -0.2) is 0 Å². The molecule has 2 aromatic heterocycles. The minimum Gasteiger partial charge on any atom is -0.310 e. The number of hydrogen-bond donors (Lipinski definition) is 0. The summed E-state index contributed by atoms with van der Waals surface area (Å²) in [6.45, 7) is 14.2. The Hall–Kier alpha value is -4.32. The van der Waals surface area contributed by atoms with Gasteiger partial charge in [-0.1, -0.05) is 120 Å². The van der Waals surface area contributed by atoms with E-state index in [1.807, 2.05) is 22.7 Å². The quantitative estimate of drug-likeness (QED) is 0.173. The first kappa shape index (κ1) is 28.9. The van der Waals surface area contributed by atoms with Crippen LogP contribution in [0.5, 0.6) is 0 Å². The highest BCUT2D eigenvalue weighted by Gasteiger charge is 2.47. The normalized spacial score (nSPS) is 14.0. The van der Waals surface area contributed by atoms with Crippen LogP contribution in [-0.2, 0) is 10.8 Å². The Morgan fingerprint density at radius 3 is 1.28 bits per heavy atom. The van der Waals surface area contributed by atoms with E-state index in [4.69, 9.17) is 0 Å². The molecule has 0 spiro atoms. The van der Waals surface area contributed by atoms with Gasteiger partial charge in [0.15, 0.2) is 0 Å². The Bertz CT molecular complexity index is 2180. The third-order valence-corrected chi connectivity index (χ3v) is 12.5. The van der Waals surface area contributed by atoms with Crippen molar-refractivity contribution in [2.24, 2.45) is 0 Å². The van der Waals surface area contributed by atoms with Crippen LogP contribution in [0.2, 0.25) is 0 Å². The standard InChI is InChI=1S/C42H37BN2S2/c1-41(2,3)30-22-13-20-28-35-39(46-37(28)30)43-34-32(44(35)26-16-9-7-10-17-26)24-15-25-33(34)45(27-18-11-8-12-19-27)36-29-21-14-23-31(42(4,5)6)38(29)47-40(36)43/h7-25H,1-6H3. The lowest BCUT2D eigenvalue weighted by molar-refractivity contribution is 0.596.